The third-order valence-corrected chi connectivity index (χ3v) is 4.88. The van der Waals surface area contributed by atoms with Crippen LogP contribution in [0, 0.1) is 0 Å². The Morgan fingerprint density at radius 1 is 1.14 bits per heavy atom. The maximum Gasteiger partial charge on any atom is 0.244 e. The SMILES string of the molecule is Nc1cccc(Cl)c1S(=O)(=O)NCC(O)c1ccccc1. The number of nitrogens with one attached hydrogen (secondary N) is 1. The van der Waals surface area contributed by atoms with Gasteiger partial charge in [0.25, 0.3) is 0 Å². The molecular formula is C14H15ClN2O3S. The number of anilines is 1. The van der Waals surface area contributed by atoms with Crippen LogP contribution in [-0.2, 0) is 10.0 Å². The van der Waals surface area contributed by atoms with Gasteiger partial charge in [0, 0.05) is 6.54 Å². The Morgan fingerprint density at radius 3 is 2.43 bits per heavy atom. The predicted molar refractivity (Wildman–Crippen MR) is 82.5 cm³/mol. The standard InChI is InChI=1S/C14H15ClN2O3S/c15-11-7-4-8-12(16)14(11)21(19,20)17-9-13(18)10-5-2-1-3-6-10/h1-8,13,17-18H,9,16H2. The van der Waals surface area contributed by atoms with E-state index in [1.807, 2.05) is 6.07 Å². The molecule has 0 radical (unpaired) electrons. The van der Waals surface area contributed by atoms with Crippen molar-refractivity contribution >= 4 is 27.3 Å². The van der Waals surface area contributed by atoms with Gasteiger partial charge in [-0.2, -0.15) is 0 Å². The van der Waals surface area contributed by atoms with Gasteiger partial charge < -0.3 is 10.8 Å². The second kappa shape index (κ2) is 6.44. The van der Waals surface area contributed by atoms with E-state index in [2.05, 4.69) is 4.72 Å². The van der Waals surface area contributed by atoms with Crippen molar-refractivity contribution in [3.63, 3.8) is 0 Å². The molecule has 2 aromatic carbocycles. The van der Waals surface area contributed by atoms with E-state index >= 15 is 0 Å². The zero-order chi connectivity index (χ0) is 15.5. The number of hydrogen-bond donors (Lipinski definition) is 3. The number of rotatable bonds is 5. The molecule has 0 aliphatic heterocycles. The molecule has 0 aliphatic carbocycles. The molecule has 0 heterocycles. The lowest BCUT2D eigenvalue weighted by Crippen LogP contribution is -2.29. The number of nitrogens with two attached hydrogens (primary N) is 1. The smallest absolute Gasteiger partial charge is 0.244 e. The van der Waals surface area contributed by atoms with Gasteiger partial charge in [-0.15, -0.1) is 0 Å². The van der Waals surface area contributed by atoms with Crippen LogP contribution in [0.25, 0.3) is 0 Å². The normalized spacial score (nSPS) is 13.0. The highest BCUT2D eigenvalue weighted by molar-refractivity contribution is 7.89. The minimum atomic E-state index is -3.89. The van der Waals surface area contributed by atoms with Gasteiger partial charge in [0.1, 0.15) is 4.90 Å². The van der Waals surface area contributed by atoms with Gasteiger partial charge in [0.15, 0.2) is 0 Å². The first-order valence-electron chi connectivity index (χ1n) is 6.18. The van der Waals surface area contributed by atoms with Gasteiger partial charge in [0.2, 0.25) is 10.0 Å². The summed E-state index contributed by atoms with van der Waals surface area (Å²) in [5.74, 6) is 0. The predicted octanol–water partition coefficient (Wildman–Crippen LogP) is 1.93. The first kappa shape index (κ1) is 15.8. The van der Waals surface area contributed by atoms with E-state index in [-0.39, 0.29) is 22.2 Å². The molecule has 2 rings (SSSR count). The summed E-state index contributed by atoms with van der Waals surface area (Å²) in [6.07, 6.45) is -0.954. The fraction of sp³-hybridized carbons (Fsp3) is 0.143. The van der Waals surface area contributed by atoms with Crippen molar-refractivity contribution in [1.29, 1.82) is 0 Å². The molecule has 0 fully saturated rings. The van der Waals surface area contributed by atoms with Crippen molar-refractivity contribution in [3.05, 3.63) is 59.1 Å². The van der Waals surface area contributed by atoms with Gasteiger partial charge in [-0.3, -0.25) is 0 Å². The zero-order valence-corrected chi connectivity index (χ0v) is 12.6. The Labute approximate surface area is 128 Å². The van der Waals surface area contributed by atoms with Crippen LogP contribution in [0.1, 0.15) is 11.7 Å². The number of sulfonamides is 1. The molecule has 0 amide bonds. The van der Waals surface area contributed by atoms with E-state index in [4.69, 9.17) is 17.3 Å². The first-order valence-corrected chi connectivity index (χ1v) is 8.04. The van der Waals surface area contributed by atoms with E-state index in [0.717, 1.165) is 0 Å². The van der Waals surface area contributed by atoms with Crippen molar-refractivity contribution in [3.8, 4) is 0 Å². The first-order chi connectivity index (χ1) is 9.92. The summed E-state index contributed by atoms with van der Waals surface area (Å²) in [4.78, 5) is -0.174. The summed E-state index contributed by atoms with van der Waals surface area (Å²) in [5, 5.41) is 10.0. The molecule has 0 saturated heterocycles. The third kappa shape index (κ3) is 3.74. The number of aliphatic hydroxyl groups excluding tert-OH is 1. The third-order valence-electron chi connectivity index (χ3n) is 2.92. The highest BCUT2D eigenvalue weighted by Crippen LogP contribution is 2.27. The van der Waals surface area contributed by atoms with Crippen LogP contribution in [0.4, 0.5) is 5.69 Å². The highest BCUT2D eigenvalue weighted by Gasteiger charge is 2.22. The molecular weight excluding hydrogens is 312 g/mol. The van der Waals surface area contributed by atoms with Crippen LogP contribution < -0.4 is 10.5 Å². The summed E-state index contributed by atoms with van der Waals surface area (Å²) in [7, 11) is -3.89. The van der Waals surface area contributed by atoms with E-state index < -0.39 is 16.1 Å². The Bertz CT molecular complexity index is 700. The van der Waals surface area contributed by atoms with E-state index in [9.17, 15) is 13.5 Å². The van der Waals surface area contributed by atoms with Crippen molar-refractivity contribution in [1.82, 2.24) is 4.72 Å². The van der Waals surface area contributed by atoms with Crippen LogP contribution in [0.5, 0.6) is 0 Å². The van der Waals surface area contributed by atoms with Crippen LogP contribution in [0.15, 0.2) is 53.4 Å². The second-order valence-electron chi connectivity index (χ2n) is 4.44. The van der Waals surface area contributed by atoms with Gasteiger partial charge >= 0.3 is 0 Å². The fourth-order valence-electron chi connectivity index (χ4n) is 1.86. The molecule has 21 heavy (non-hydrogen) atoms. The maximum absolute atomic E-state index is 12.2. The van der Waals surface area contributed by atoms with Gasteiger partial charge in [-0.1, -0.05) is 48.0 Å². The van der Waals surface area contributed by atoms with Crippen LogP contribution in [0.3, 0.4) is 0 Å². The molecule has 1 unspecified atom stereocenters. The zero-order valence-electron chi connectivity index (χ0n) is 11.0. The quantitative estimate of drug-likeness (QED) is 0.732. The largest absolute Gasteiger partial charge is 0.398 e. The highest BCUT2D eigenvalue weighted by atomic mass is 35.5. The average Bonchev–Trinajstić information content (AvgIpc) is 2.45. The fourth-order valence-corrected chi connectivity index (χ4v) is 3.57. The van der Waals surface area contributed by atoms with Crippen molar-refractivity contribution in [2.24, 2.45) is 0 Å². The number of aliphatic hydroxyl groups is 1. The van der Waals surface area contributed by atoms with E-state index in [1.165, 1.54) is 12.1 Å². The van der Waals surface area contributed by atoms with Crippen molar-refractivity contribution < 1.29 is 13.5 Å². The van der Waals surface area contributed by atoms with Crippen LogP contribution in [-0.4, -0.2) is 20.1 Å². The number of hydrogen-bond acceptors (Lipinski definition) is 4. The van der Waals surface area contributed by atoms with Crippen molar-refractivity contribution in [2.45, 2.75) is 11.0 Å². The summed E-state index contributed by atoms with van der Waals surface area (Å²) in [6.45, 7) is -0.170. The Kier molecular flexibility index (Phi) is 4.84. The lowest BCUT2D eigenvalue weighted by atomic mass is 10.1. The minimum absolute atomic E-state index is 0.0386. The average molecular weight is 327 g/mol. The molecule has 112 valence electrons. The number of nitrogen functional groups attached to an aromatic ring is 1. The molecule has 0 aromatic heterocycles. The summed E-state index contributed by atoms with van der Waals surface area (Å²) in [6, 6.07) is 13.2. The topological polar surface area (TPSA) is 92.4 Å². The second-order valence-corrected chi connectivity index (χ2v) is 6.55. The Hall–Kier alpha value is -1.60. The monoisotopic (exact) mass is 326 g/mol. The van der Waals surface area contributed by atoms with Crippen LogP contribution in [0.2, 0.25) is 5.02 Å². The summed E-state index contributed by atoms with van der Waals surface area (Å²) >= 11 is 5.88. The molecule has 0 aliphatic rings. The minimum Gasteiger partial charge on any atom is -0.398 e. The lowest BCUT2D eigenvalue weighted by Gasteiger charge is -2.14. The molecule has 1 atom stereocenters. The molecule has 5 nitrogen and oxygen atoms in total. The lowest BCUT2D eigenvalue weighted by molar-refractivity contribution is 0.182. The van der Waals surface area contributed by atoms with E-state index in [0.29, 0.717) is 5.56 Å². The maximum atomic E-state index is 12.2. The Morgan fingerprint density at radius 2 is 1.81 bits per heavy atom. The number of benzene rings is 2. The van der Waals surface area contributed by atoms with Gasteiger partial charge in [-0.25, -0.2) is 13.1 Å². The molecule has 0 bridgehead atoms. The molecule has 4 N–H and O–H groups in total. The number of halogens is 1. The van der Waals surface area contributed by atoms with Crippen molar-refractivity contribution in [2.75, 3.05) is 12.3 Å². The van der Waals surface area contributed by atoms with Gasteiger partial charge in [0.05, 0.1) is 16.8 Å². The van der Waals surface area contributed by atoms with Crippen LogP contribution >= 0.6 is 11.6 Å². The molecule has 7 heteroatoms. The molecule has 0 spiro atoms. The summed E-state index contributed by atoms with van der Waals surface area (Å²) in [5.41, 5.74) is 6.34. The molecule has 2 aromatic rings. The Balaban J connectivity index is 2.16. The van der Waals surface area contributed by atoms with E-state index in [1.54, 1.807) is 30.3 Å². The summed E-state index contributed by atoms with van der Waals surface area (Å²) < 4.78 is 26.8. The van der Waals surface area contributed by atoms with Gasteiger partial charge in [-0.05, 0) is 17.7 Å². The molecule has 0 saturated carbocycles.